The number of hydrogen-bond donors (Lipinski definition) is 1. The van der Waals surface area contributed by atoms with Gasteiger partial charge in [0.2, 0.25) is 15.9 Å². The summed E-state index contributed by atoms with van der Waals surface area (Å²) in [5, 5.41) is 6.44. The molecule has 13 heteroatoms. The van der Waals surface area contributed by atoms with Crippen molar-refractivity contribution < 1.29 is 35.6 Å². The minimum Gasteiger partial charge on any atom is -0.406 e. The molecule has 1 fully saturated rings. The van der Waals surface area contributed by atoms with Crippen molar-refractivity contribution in [3.8, 4) is 5.75 Å². The molecule has 1 saturated heterocycles. The Labute approximate surface area is 170 Å². The molecule has 30 heavy (non-hydrogen) atoms. The van der Waals surface area contributed by atoms with E-state index in [0.717, 1.165) is 12.1 Å². The van der Waals surface area contributed by atoms with Crippen LogP contribution in [0.5, 0.6) is 5.75 Å². The number of nitrogens with zero attached hydrogens (tertiary/aromatic N) is 3. The number of hydrogen-bond acceptors (Lipinski definition) is 7. The molecule has 0 unspecified atom stereocenters. The molecule has 0 aliphatic carbocycles. The number of ether oxygens (including phenoxy) is 1. The van der Waals surface area contributed by atoms with Crippen molar-refractivity contribution >= 4 is 15.9 Å². The maximum atomic E-state index is 12.2. The van der Waals surface area contributed by atoms with Crippen LogP contribution in [0.15, 0.2) is 28.8 Å². The number of alkyl halides is 3. The van der Waals surface area contributed by atoms with E-state index in [-0.39, 0.29) is 23.9 Å². The maximum absolute atomic E-state index is 12.2. The molecule has 1 amide bonds. The van der Waals surface area contributed by atoms with Gasteiger partial charge in [0.25, 0.3) is 5.91 Å². The molecule has 164 valence electrons. The predicted octanol–water partition coefficient (Wildman–Crippen LogP) is 2.04. The van der Waals surface area contributed by atoms with E-state index >= 15 is 0 Å². The zero-order valence-corrected chi connectivity index (χ0v) is 16.7. The van der Waals surface area contributed by atoms with E-state index in [9.17, 15) is 26.4 Å². The van der Waals surface area contributed by atoms with Crippen molar-refractivity contribution in [1.82, 2.24) is 19.8 Å². The molecule has 1 aromatic heterocycles. The maximum Gasteiger partial charge on any atom is 0.573 e. The van der Waals surface area contributed by atoms with Crippen LogP contribution in [0.1, 0.15) is 40.8 Å². The summed E-state index contributed by atoms with van der Waals surface area (Å²) in [7, 11) is -3.22. The van der Waals surface area contributed by atoms with E-state index in [0.29, 0.717) is 31.8 Å². The summed E-state index contributed by atoms with van der Waals surface area (Å²) in [6.45, 7) is 0.686. The molecule has 0 atom stereocenters. The van der Waals surface area contributed by atoms with Crippen LogP contribution in [0.2, 0.25) is 0 Å². The lowest BCUT2D eigenvalue weighted by atomic mass is 9.98. The van der Waals surface area contributed by atoms with Crippen molar-refractivity contribution in [3.63, 3.8) is 0 Å². The van der Waals surface area contributed by atoms with Gasteiger partial charge in [-0.2, -0.15) is 4.98 Å². The van der Waals surface area contributed by atoms with Crippen LogP contribution in [0.25, 0.3) is 0 Å². The summed E-state index contributed by atoms with van der Waals surface area (Å²) in [6, 6.07) is 4.47. The molecule has 0 spiro atoms. The van der Waals surface area contributed by atoms with Crippen molar-refractivity contribution in [2.75, 3.05) is 19.3 Å². The molecule has 1 N–H and O–H groups in total. The van der Waals surface area contributed by atoms with Gasteiger partial charge in [-0.15, -0.1) is 13.2 Å². The Morgan fingerprint density at radius 1 is 1.27 bits per heavy atom. The fourth-order valence-electron chi connectivity index (χ4n) is 3.02. The van der Waals surface area contributed by atoms with Gasteiger partial charge in [-0.25, -0.2) is 12.7 Å². The third kappa shape index (κ3) is 5.92. The highest BCUT2D eigenvalue weighted by Crippen LogP contribution is 2.27. The number of carbonyl (C=O) groups excluding carboxylic acids is 1. The third-order valence-corrected chi connectivity index (χ3v) is 5.83. The monoisotopic (exact) mass is 448 g/mol. The van der Waals surface area contributed by atoms with Gasteiger partial charge in [-0.1, -0.05) is 5.16 Å². The lowest BCUT2D eigenvalue weighted by molar-refractivity contribution is -0.274. The van der Waals surface area contributed by atoms with E-state index in [1.165, 1.54) is 22.7 Å². The quantitative estimate of drug-likeness (QED) is 0.719. The fourth-order valence-corrected chi connectivity index (χ4v) is 3.89. The third-order valence-electron chi connectivity index (χ3n) is 4.52. The Hall–Kier alpha value is -2.67. The summed E-state index contributed by atoms with van der Waals surface area (Å²) < 4.78 is 69.9. The van der Waals surface area contributed by atoms with Crippen LogP contribution in [0, 0.1) is 0 Å². The first kappa shape index (κ1) is 22.0. The lowest BCUT2D eigenvalue weighted by Gasteiger charge is -2.28. The number of carbonyl (C=O) groups is 1. The number of halogens is 3. The zero-order chi connectivity index (χ0) is 21.9. The van der Waals surface area contributed by atoms with Crippen LogP contribution in [0.4, 0.5) is 13.2 Å². The van der Waals surface area contributed by atoms with E-state index in [4.69, 9.17) is 4.52 Å². The van der Waals surface area contributed by atoms with E-state index in [2.05, 4.69) is 20.2 Å². The second-order valence-electron chi connectivity index (χ2n) is 6.74. The second kappa shape index (κ2) is 8.60. The number of sulfonamides is 1. The topological polar surface area (TPSA) is 115 Å². The van der Waals surface area contributed by atoms with Gasteiger partial charge < -0.3 is 14.6 Å². The minimum atomic E-state index is -4.80. The average molecular weight is 448 g/mol. The first-order chi connectivity index (χ1) is 14.0. The minimum absolute atomic E-state index is 0.0441. The molecule has 2 heterocycles. The number of piperidine rings is 1. The largest absolute Gasteiger partial charge is 0.573 e. The van der Waals surface area contributed by atoms with Crippen LogP contribution in [-0.4, -0.2) is 54.5 Å². The van der Waals surface area contributed by atoms with Crippen LogP contribution < -0.4 is 10.1 Å². The number of amides is 1. The molecule has 2 aromatic rings. The van der Waals surface area contributed by atoms with Crippen LogP contribution in [0.3, 0.4) is 0 Å². The molecule has 9 nitrogen and oxygen atoms in total. The predicted molar refractivity (Wildman–Crippen MR) is 97.0 cm³/mol. The highest BCUT2D eigenvalue weighted by molar-refractivity contribution is 7.88. The Bertz CT molecular complexity index is 984. The summed E-state index contributed by atoms with van der Waals surface area (Å²) in [6.07, 6.45) is -2.52. The van der Waals surface area contributed by atoms with Crippen molar-refractivity contribution in [2.24, 2.45) is 0 Å². The van der Waals surface area contributed by atoms with E-state index in [1.807, 2.05) is 0 Å². The zero-order valence-electron chi connectivity index (χ0n) is 15.8. The standard InChI is InChI=1S/C17H19F3N4O5S/c1-30(26,27)24-8-6-11(7-9-24)15-22-14(29-23-15)10-21-16(25)12-2-4-13(5-3-12)28-17(18,19)20/h2-5,11H,6-10H2,1H3,(H,21,25). The summed E-state index contributed by atoms with van der Waals surface area (Å²) in [4.78, 5) is 16.4. The fraction of sp³-hybridized carbons (Fsp3) is 0.471. The average Bonchev–Trinajstić information content (AvgIpc) is 3.14. The lowest BCUT2D eigenvalue weighted by Crippen LogP contribution is -2.37. The van der Waals surface area contributed by atoms with Crippen molar-refractivity contribution in [2.45, 2.75) is 31.7 Å². The van der Waals surface area contributed by atoms with Crippen molar-refractivity contribution in [1.29, 1.82) is 0 Å². The number of aromatic nitrogens is 2. The molecule has 0 radical (unpaired) electrons. The number of rotatable bonds is 6. The van der Waals surface area contributed by atoms with Crippen LogP contribution in [-0.2, 0) is 16.6 Å². The first-order valence-corrected chi connectivity index (χ1v) is 10.8. The Morgan fingerprint density at radius 3 is 2.47 bits per heavy atom. The Kier molecular flexibility index (Phi) is 6.31. The van der Waals surface area contributed by atoms with Gasteiger partial charge in [-0.05, 0) is 37.1 Å². The molecular weight excluding hydrogens is 429 g/mol. The Balaban J connectivity index is 1.51. The van der Waals surface area contributed by atoms with Gasteiger partial charge in [0.05, 0.1) is 12.8 Å². The summed E-state index contributed by atoms with van der Waals surface area (Å²) in [5.74, 6) is -0.392. The van der Waals surface area contributed by atoms with Crippen LogP contribution >= 0.6 is 0 Å². The second-order valence-corrected chi connectivity index (χ2v) is 8.72. The highest BCUT2D eigenvalue weighted by Gasteiger charge is 2.31. The van der Waals surface area contributed by atoms with Gasteiger partial charge >= 0.3 is 6.36 Å². The molecule has 0 bridgehead atoms. The summed E-state index contributed by atoms with van der Waals surface area (Å²) in [5.41, 5.74) is 0.136. The molecule has 3 rings (SSSR count). The number of benzene rings is 1. The molecule has 0 saturated carbocycles. The van der Waals surface area contributed by atoms with Gasteiger partial charge in [-0.3, -0.25) is 4.79 Å². The summed E-state index contributed by atoms with van der Waals surface area (Å²) >= 11 is 0. The number of nitrogens with one attached hydrogen (secondary N) is 1. The van der Waals surface area contributed by atoms with Crippen molar-refractivity contribution in [3.05, 3.63) is 41.5 Å². The molecule has 1 aromatic carbocycles. The SMILES string of the molecule is CS(=O)(=O)N1CCC(c2noc(CNC(=O)c3ccc(OC(F)(F)F)cc3)n2)CC1. The highest BCUT2D eigenvalue weighted by atomic mass is 32.2. The normalized spacial score (nSPS) is 16.4. The molecule has 1 aliphatic heterocycles. The van der Waals surface area contributed by atoms with Gasteiger partial charge in [0, 0.05) is 24.6 Å². The molecule has 1 aliphatic rings. The molecular formula is C17H19F3N4O5S. The smallest absolute Gasteiger partial charge is 0.406 e. The first-order valence-electron chi connectivity index (χ1n) is 8.93. The van der Waals surface area contributed by atoms with Gasteiger partial charge in [0.15, 0.2) is 5.82 Å². The van der Waals surface area contributed by atoms with E-state index < -0.39 is 28.0 Å². The Morgan fingerprint density at radius 2 is 1.90 bits per heavy atom. The van der Waals surface area contributed by atoms with E-state index in [1.54, 1.807) is 0 Å². The van der Waals surface area contributed by atoms with Gasteiger partial charge in [0.1, 0.15) is 5.75 Å².